The molecule has 1 atom stereocenters. The number of alkyl halides is 3. The molecule has 0 heterocycles. The van der Waals surface area contributed by atoms with Gasteiger partial charge in [-0.05, 0) is 49.2 Å². The quantitative estimate of drug-likeness (QED) is 0.352. The monoisotopic (exact) mass is 531 g/mol. The van der Waals surface area contributed by atoms with E-state index in [4.69, 9.17) is 0 Å². The van der Waals surface area contributed by atoms with E-state index in [0.29, 0.717) is 28.9 Å². The van der Waals surface area contributed by atoms with Crippen LogP contribution in [0.2, 0.25) is 0 Å². The number of carbonyl (C=O) groups is 2. The summed E-state index contributed by atoms with van der Waals surface area (Å²) in [4.78, 5) is 27.2. The van der Waals surface area contributed by atoms with Crippen molar-refractivity contribution in [3.8, 4) is 0 Å². The molecule has 2 rings (SSSR count). The van der Waals surface area contributed by atoms with Crippen LogP contribution in [0.4, 0.5) is 23.2 Å². The molecule has 2 aromatic rings. The van der Waals surface area contributed by atoms with Gasteiger partial charge in [-0.25, -0.2) is 12.8 Å². The van der Waals surface area contributed by atoms with Crippen molar-refractivity contribution in [2.45, 2.75) is 45.5 Å². The van der Waals surface area contributed by atoms with Crippen molar-refractivity contribution < 1.29 is 35.6 Å². The lowest BCUT2D eigenvalue weighted by molar-refractivity contribution is -0.139. The van der Waals surface area contributed by atoms with Crippen LogP contribution in [0, 0.1) is 5.82 Å². The molecule has 0 aromatic heterocycles. The number of nitrogens with zero attached hydrogens (tertiary/aromatic N) is 2. The van der Waals surface area contributed by atoms with E-state index in [2.05, 4.69) is 5.32 Å². The molecule has 198 valence electrons. The zero-order valence-electron chi connectivity index (χ0n) is 20.2. The summed E-state index contributed by atoms with van der Waals surface area (Å²) in [6.45, 7) is 2.78. The number of rotatable bonds is 11. The molecule has 0 radical (unpaired) electrons. The first-order valence-electron chi connectivity index (χ1n) is 11.2. The molecule has 0 saturated carbocycles. The summed E-state index contributed by atoms with van der Waals surface area (Å²) in [6, 6.07) is 7.76. The van der Waals surface area contributed by atoms with E-state index >= 15 is 0 Å². The first-order chi connectivity index (χ1) is 16.7. The third-order valence-corrected chi connectivity index (χ3v) is 6.54. The number of anilines is 1. The van der Waals surface area contributed by atoms with Gasteiger partial charge in [0, 0.05) is 13.1 Å². The SMILES string of the molecule is CCCCNC(=O)[C@H](C)N(Cc1ccc(F)cc1)C(=O)CN(c1cccc(C(F)(F)F)c1)S(C)(=O)=O. The molecule has 36 heavy (non-hydrogen) atoms. The molecule has 2 amide bonds. The van der Waals surface area contributed by atoms with Crippen molar-refractivity contribution in [2.24, 2.45) is 0 Å². The molecule has 0 saturated heterocycles. The van der Waals surface area contributed by atoms with Crippen LogP contribution in [-0.2, 0) is 32.3 Å². The van der Waals surface area contributed by atoms with Gasteiger partial charge in [-0.2, -0.15) is 13.2 Å². The van der Waals surface area contributed by atoms with E-state index in [-0.39, 0.29) is 12.2 Å². The Morgan fingerprint density at radius 1 is 1.08 bits per heavy atom. The van der Waals surface area contributed by atoms with E-state index in [1.54, 1.807) is 0 Å². The van der Waals surface area contributed by atoms with Crippen LogP contribution in [-0.4, -0.2) is 50.5 Å². The van der Waals surface area contributed by atoms with Crippen molar-refractivity contribution in [2.75, 3.05) is 23.7 Å². The molecule has 7 nitrogen and oxygen atoms in total. The molecule has 2 aromatic carbocycles. The van der Waals surface area contributed by atoms with Gasteiger partial charge in [0.15, 0.2) is 0 Å². The highest BCUT2D eigenvalue weighted by Crippen LogP contribution is 2.32. The molecule has 0 aliphatic heterocycles. The fourth-order valence-electron chi connectivity index (χ4n) is 3.36. The number of hydrogen-bond acceptors (Lipinski definition) is 4. The third kappa shape index (κ3) is 8.21. The van der Waals surface area contributed by atoms with Crippen LogP contribution >= 0.6 is 0 Å². The van der Waals surface area contributed by atoms with Gasteiger partial charge in [0.2, 0.25) is 21.8 Å². The largest absolute Gasteiger partial charge is 0.416 e. The first-order valence-corrected chi connectivity index (χ1v) is 13.1. The lowest BCUT2D eigenvalue weighted by atomic mass is 10.1. The van der Waals surface area contributed by atoms with Crippen molar-refractivity contribution in [1.29, 1.82) is 0 Å². The third-order valence-electron chi connectivity index (χ3n) is 5.40. The van der Waals surface area contributed by atoms with Gasteiger partial charge in [0.05, 0.1) is 17.5 Å². The highest BCUT2D eigenvalue weighted by atomic mass is 32.2. The number of sulfonamides is 1. The molecule has 0 fully saturated rings. The number of hydrogen-bond donors (Lipinski definition) is 1. The van der Waals surface area contributed by atoms with Gasteiger partial charge in [-0.3, -0.25) is 13.9 Å². The van der Waals surface area contributed by atoms with Crippen LogP contribution < -0.4 is 9.62 Å². The average Bonchev–Trinajstić information content (AvgIpc) is 2.80. The Kier molecular flexibility index (Phi) is 9.85. The highest BCUT2D eigenvalue weighted by molar-refractivity contribution is 7.92. The molecule has 0 unspecified atom stereocenters. The molecular formula is C24H29F4N3O4S. The highest BCUT2D eigenvalue weighted by Gasteiger charge is 2.33. The maximum absolute atomic E-state index is 13.4. The lowest BCUT2D eigenvalue weighted by Gasteiger charge is -2.31. The fourth-order valence-corrected chi connectivity index (χ4v) is 4.20. The fraction of sp³-hybridized carbons (Fsp3) is 0.417. The van der Waals surface area contributed by atoms with Gasteiger partial charge in [-0.15, -0.1) is 0 Å². The number of amides is 2. The molecule has 1 N–H and O–H groups in total. The second-order valence-electron chi connectivity index (χ2n) is 8.29. The van der Waals surface area contributed by atoms with E-state index in [0.717, 1.165) is 35.8 Å². The smallest absolute Gasteiger partial charge is 0.354 e. The maximum Gasteiger partial charge on any atom is 0.416 e. The summed E-state index contributed by atoms with van der Waals surface area (Å²) in [6.07, 6.45) is -2.41. The van der Waals surface area contributed by atoms with E-state index in [1.165, 1.54) is 31.2 Å². The van der Waals surface area contributed by atoms with Gasteiger partial charge >= 0.3 is 6.18 Å². The van der Waals surface area contributed by atoms with Crippen LogP contribution in [0.5, 0.6) is 0 Å². The summed E-state index contributed by atoms with van der Waals surface area (Å²) in [5, 5.41) is 2.70. The maximum atomic E-state index is 13.4. The normalized spacial score (nSPS) is 12.6. The van der Waals surface area contributed by atoms with Crippen molar-refractivity contribution in [1.82, 2.24) is 10.2 Å². The van der Waals surface area contributed by atoms with Gasteiger partial charge in [-0.1, -0.05) is 31.5 Å². The molecule has 12 heteroatoms. The van der Waals surface area contributed by atoms with Crippen LogP contribution in [0.1, 0.15) is 37.8 Å². The summed E-state index contributed by atoms with van der Waals surface area (Å²) in [5.41, 5.74) is -0.946. The molecule has 0 bridgehead atoms. The standard InChI is InChI=1S/C24H29F4N3O4S/c1-4-5-13-29-23(33)17(2)30(15-18-9-11-20(25)12-10-18)22(32)16-31(36(3,34)35)21-8-6-7-19(14-21)24(26,27)28/h6-12,14,17H,4-5,13,15-16H2,1-3H3,(H,29,33)/t17-/m0/s1. The second kappa shape index (κ2) is 12.2. The predicted molar refractivity (Wildman–Crippen MR) is 128 cm³/mol. The molecule has 0 aliphatic carbocycles. The number of unbranched alkanes of at least 4 members (excludes halogenated alkanes) is 1. The van der Waals surface area contributed by atoms with E-state index < -0.39 is 52.0 Å². The lowest BCUT2D eigenvalue weighted by Crippen LogP contribution is -2.51. The van der Waals surface area contributed by atoms with Crippen LogP contribution in [0.15, 0.2) is 48.5 Å². The Bertz CT molecular complexity index is 1150. The summed E-state index contributed by atoms with van der Waals surface area (Å²) in [7, 11) is -4.18. The number of halogens is 4. The molecular weight excluding hydrogens is 502 g/mol. The number of carbonyl (C=O) groups excluding carboxylic acids is 2. The van der Waals surface area contributed by atoms with Crippen molar-refractivity contribution in [3.63, 3.8) is 0 Å². The Hall–Kier alpha value is -3.15. The van der Waals surface area contributed by atoms with E-state index in [1.807, 2.05) is 6.92 Å². The van der Waals surface area contributed by atoms with Crippen molar-refractivity contribution in [3.05, 3.63) is 65.5 Å². The summed E-state index contributed by atoms with van der Waals surface area (Å²) >= 11 is 0. The minimum absolute atomic E-state index is 0.151. The first kappa shape index (κ1) is 29.1. The zero-order valence-corrected chi connectivity index (χ0v) is 21.0. The van der Waals surface area contributed by atoms with Gasteiger partial charge < -0.3 is 10.2 Å². The minimum Gasteiger partial charge on any atom is -0.354 e. The Morgan fingerprint density at radius 2 is 1.72 bits per heavy atom. The predicted octanol–water partition coefficient (Wildman–Crippen LogP) is 3.94. The van der Waals surface area contributed by atoms with Crippen molar-refractivity contribution >= 4 is 27.5 Å². The van der Waals surface area contributed by atoms with Gasteiger partial charge in [0.1, 0.15) is 18.4 Å². The number of benzene rings is 2. The molecule has 0 spiro atoms. The van der Waals surface area contributed by atoms with Crippen LogP contribution in [0.25, 0.3) is 0 Å². The summed E-state index contributed by atoms with van der Waals surface area (Å²) in [5.74, 6) is -1.81. The van der Waals surface area contributed by atoms with E-state index in [9.17, 15) is 35.6 Å². The van der Waals surface area contributed by atoms with Gasteiger partial charge in [0.25, 0.3) is 0 Å². The Labute approximate surface area is 208 Å². The Balaban J connectivity index is 2.39. The topological polar surface area (TPSA) is 86.8 Å². The van der Waals surface area contributed by atoms with Crippen LogP contribution in [0.3, 0.4) is 0 Å². The minimum atomic E-state index is -4.72. The second-order valence-corrected chi connectivity index (χ2v) is 10.2. The molecule has 0 aliphatic rings. The average molecular weight is 532 g/mol. The summed E-state index contributed by atoms with van der Waals surface area (Å²) < 4.78 is 78.5. The number of nitrogens with one attached hydrogen (secondary N) is 1. The Morgan fingerprint density at radius 3 is 2.28 bits per heavy atom. The zero-order chi connectivity index (χ0) is 27.1.